The molecule has 1 aliphatic heterocycles. The van der Waals surface area contributed by atoms with E-state index in [9.17, 15) is 22.8 Å². The smallest absolute Gasteiger partial charge is 0.416 e. The number of ether oxygens (including phenoxy) is 1. The summed E-state index contributed by atoms with van der Waals surface area (Å²) < 4.78 is 44.7. The van der Waals surface area contributed by atoms with E-state index in [1.54, 1.807) is 36.1 Å². The Morgan fingerprint density at radius 3 is 2.55 bits per heavy atom. The zero-order valence-electron chi connectivity index (χ0n) is 16.8. The van der Waals surface area contributed by atoms with E-state index in [1.165, 1.54) is 6.07 Å². The third-order valence-corrected chi connectivity index (χ3v) is 5.29. The molecule has 2 aromatic carbocycles. The molecule has 0 spiro atoms. The van der Waals surface area contributed by atoms with Gasteiger partial charge in [-0.3, -0.25) is 9.59 Å². The lowest BCUT2D eigenvalue weighted by atomic mass is 9.96. The first-order chi connectivity index (χ1) is 14.7. The first-order valence-electron chi connectivity index (χ1n) is 9.88. The molecule has 5 nitrogen and oxygen atoms in total. The minimum atomic E-state index is -4.54. The quantitative estimate of drug-likeness (QED) is 0.671. The normalized spacial score (nSPS) is 16.7. The van der Waals surface area contributed by atoms with Crippen molar-refractivity contribution in [3.05, 3.63) is 58.6 Å². The number of hydrogen-bond acceptors (Lipinski definition) is 3. The highest BCUT2D eigenvalue weighted by Crippen LogP contribution is 2.35. The Bertz CT molecular complexity index is 948. The molecule has 31 heavy (non-hydrogen) atoms. The van der Waals surface area contributed by atoms with Crippen LogP contribution in [0.1, 0.15) is 35.7 Å². The Balaban J connectivity index is 1.74. The number of carbonyl (C=O) groups excluding carboxylic acids is 2. The molecule has 0 radical (unpaired) electrons. The van der Waals surface area contributed by atoms with Crippen molar-refractivity contribution in [1.29, 1.82) is 0 Å². The second-order valence-electron chi connectivity index (χ2n) is 7.23. The summed E-state index contributed by atoms with van der Waals surface area (Å²) in [6.07, 6.45) is -3.41. The molecule has 1 aliphatic rings. The number of rotatable bonds is 5. The van der Waals surface area contributed by atoms with E-state index in [0.717, 1.165) is 12.1 Å². The average Bonchev–Trinajstić information content (AvgIpc) is 2.74. The fourth-order valence-corrected chi connectivity index (χ4v) is 3.60. The number of anilines is 1. The van der Waals surface area contributed by atoms with Gasteiger partial charge in [0, 0.05) is 23.7 Å². The van der Waals surface area contributed by atoms with Crippen molar-refractivity contribution in [1.82, 2.24) is 4.90 Å². The third kappa shape index (κ3) is 5.70. The number of alkyl halides is 3. The summed E-state index contributed by atoms with van der Waals surface area (Å²) in [6.45, 7) is 2.61. The van der Waals surface area contributed by atoms with Gasteiger partial charge in [-0.15, -0.1) is 0 Å². The number of halogens is 4. The van der Waals surface area contributed by atoms with E-state index >= 15 is 0 Å². The zero-order valence-corrected chi connectivity index (χ0v) is 17.6. The van der Waals surface area contributed by atoms with E-state index in [2.05, 4.69) is 5.32 Å². The molecule has 1 fully saturated rings. The predicted molar refractivity (Wildman–Crippen MR) is 111 cm³/mol. The van der Waals surface area contributed by atoms with Crippen LogP contribution >= 0.6 is 11.6 Å². The Hall–Kier alpha value is -2.74. The minimum absolute atomic E-state index is 0.0390. The van der Waals surface area contributed by atoms with Crippen LogP contribution in [0, 0.1) is 5.92 Å². The van der Waals surface area contributed by atoms with Crippen LogP contribution in [0.4, 0.5) is 18.9 Å². The number of nitrogens with one attached hydrogen (secondary N) is 1. The molecule has 1 heterocycles. The molecule has 0 aromatic heterocycles. The molecule has 9 heteroatoms. The summed E-state index contributed by atoms with van der Waals surface area (Å²) in [5.41, 5.74) is -0.459. The number of hydrogen-bond donors (Lipinski definition) is 1. The Morgan fingerprint density at radius 1 is 1.19 bits per heavy atom. The summed E-state index contributed by atoms with van der Waals surface area (Å²) in [6, 6.07) is 9.43. The highest BCUT2D eigenvalue weighted by Gasteiger charge is 2.33. The minimum Gasteiger partial charge on any atom is -0.492 e. The van der Waals surface area contributed by atoms with Crippen molar-refractivity contribution < 1.29 is 27.5 Å². The number of amides is 2. The van der Waals surface area contributed by atoms with Crippen LogP contribution in [-0.4, -0.2) is 36.4 Å². The van der Waals surface area contributed by atoms with E-state index < -0.39 is 23.6 Å². The Kier molecular flexibility index (Phi) is 7.10. The van der Waals surface area contributed by atoms with Gasteiger partial charge in [0.1, 0.15) is 5.75 Å². The molecule has 0 saturated carbocycles. The topological polar surface area (TPSA) is 58.6 Å². The molecule has 1 unspecified atom stereocenters. The monoisotopic (exact) mass is 454 g/mol. The highest BCUT2D eigenvalue weighted by molar-refractivity contribution is 6.30. The van der Waals surface area contributed by atoms with Gasteiger partial charge in [-0.25, -0.2) is 0 Å². The van der Waals surface area contributed by atoms with Crippen molar-refractivity contribution in [2.45, 2.75) is 25.9 Å². The van der Waals surface area contributed by atoms with Gasteiger partial charge in [-0.05, 0) is 62.2 Å². The van der Waals surface area contributed by atoms with Crippen molar-refractivity contribution in [3.8, 4) is 5.75 Å². The van der Waals surface area contributed by atoms with Crippen molar-refractivity contribution in [2.75, 3.05) is 25.0 Å². The van der Waals surface area contributed by atoms with Gasteiger partial charge in [0.15, 0.2) is 0 Å². The lowest BCUT2D eigenvalue weighted by Gasteiger charge is -2.32. The van der Waals surface area contributed by atoms with Crippen LogP contribution in [0.25, 0.3) is 0 Å². The van der Waals surface area contributed by atoms with E-state index in [4.69, 9.17) is 16.3 Å². The van der Waals surface area contributed by atoms with Crippen LogP contribution in [-0.2, 0) is 11.0 Å². The molecule has 2 amide bonds. The van der Waals surface area contributed by atoms with E-state index in [1.807, 2.05) is 0 Å². The van der Waals surface area contributed by atoms with Crippen LogP contribution in [0.2, 0.25) is 5.02 Å². The van der Waals surface area contributed by atoms with Crippen LogP contribution in [0.15, 0.2) is 42.5 Å². The molecule has 0 bridgehead atoms. The van der Waals surface area contributed by atoms with Gasteiger partial charge in [0.05, 0.1) is 23.8 Å². The third-order valence-electron chi connectivity index (χ3n) is 5.04. The van der Waals surface area contributed by atoms with Crippen LogP contribution < -0.4 is 10.1 Å². The van der Waals surface area contributed by atoms with Crippen molar-refractivity contribution in [2.24, 2.45) is 5.92 Å². The summed E-state index contributed by atoms with van der Waals surface area (Å²) >= 11 is 5.86. The molecule has 0 aliphatic carbocycles. The largest absolute Gasteiger partial charge is 0.492 e. The molecule has 2 aromatic rings. The summed E-state index contributed by atoms with van der Waals surface area (Å²) in [4.78, 5) is 27.1. The van der Waals surface area contributed by atoms with Crippen molar-refractivity contribution in [3.63, 3.8) is 0 Å². The van der Waals surface area contributed by atoms with Crippen LogP contribution in [0.3, 0.4) is 0 Å². The fraction of sp³-hybridized carbons (Fsp3) is 0.364. The van der Waals surface area contributed by atoms with Crippen LogP contribution in [0.5, 0.6) is 5.75 Å². The molecule has 1 saturated heterocycles. The number of likely N-dealkylation sites (tertiary alicyclic amines) is 1. The molecular weight excluding hydrogens is 433 g/mol. The Morgan fingerprint density at radius 2 is 1.90 bits per heavy atom. The first-order valence-corrected chi connectivity index (χ1v) is 10.3. The number of nitrogens with zero attached hydrogens (tertiary/aromatic N) is 1. The fourth-order valence-electron chi connectivity index (χ4n) is 3.47. The molecule has 1 N–H and O–H groups in total. The standard InChI is InChI=1S/C22H22ClF3N2O3/c1-2-31-19-10-7-16(22(24,25)26)12-18(19)27-20(29)15-4-3-11-28(13-15)21(30)14-5-8-17(23)9-6-14/h5-10,12,15H,2-4,11,13H2,1H3,(H,27,29). The van der Waals surface area contributed by atoms with Gasteiger partial charge in [-0.1, -0.05) is 11.6 Å². The maximum Gasteiger partial charge on any atom is 0.416 e. The van der Waals surface area contributed by atoms with E-state index in [0.29, 0.717) is 30.0 Å². The Labute approximate surface area is 183 Å². The second-order valence-corrected chi connectivity index (χ2v) is 7.66. The average molecular weight is 455 g/mol. The zero-order chi connectivity index (χ0) is 22.6. The summed E-state index contributed by atoms with van der Waals surface area (Å²) in [5.74, 6) is -1.06. The number of carbonyl (C=O) groups is 2. The SMILES string of the molecule is CCOc1ccc(C(F)(F)F)cc1NC(=O)C1CCCN(C(=O)c2ccc(Cl)cc2)C1. The highest BCUT2D eigenvalue weighted by atomic mass is 35.5. The van der Waals surface area contributed by atoms with Crippen molar-refractivity contribution >= 4 is 29.1 Å². The lowest BCUT2D eigenvalue weighted by Crippen LogP contribution is -2.43. The summed E-state index contributed by atoms with van der Waals surface area (Å²) in [5, 5.41) is 3.08. The maximum atomic E-state index is 13.1. The van der Waals surface area contributed by atoms with Gasteiger partial charge in [0.25, 0.3) is 5.91 Å². The maximum absolute atomic E-state index is 13.1. The van der Waals surface area contributed by atoms with Gasteiger partial charge in [0.2, 0.25) is 5.91 Å². The van der Waals surface area contributed by atoms with E-state index in [-0.39, 0.29) is 30.5 Å². The summed E-state index contributed by atoms with van der Waals surface area (Å²) in [7, 11) is 0. The van der Waals surface area contributed by atoms with Gasteiger partial charge < -0.3 is 15.0 Å². The number of piperidine rings is 1. The van der Waals surface area contributed by atoms with Gasteiger partial charge in [-0.2, -0.15) is 13.2 Å². The second kappa shape index (κ2) is 9.60. The lowest BCUT2D eigenvalue weighted by molar-refractivity contribution is -0.137. The molecule has 166 valence electrons. The predicted octanol–water partition coefficient (Wildman–Crippen LogP) is 5.25. The van der Waals surface area contributed by atoms with Gasteiger partial charge >= 0.3 is 6.18 Å². The molecular formula is C22H22ClF3N2O3. The molecule has 3 rings (SSSR count). The number of benzene rings is 2. The molecule has 1 atom stereocenters. The first kappa shape index (κ1) is 22.9.